The van der Waals surface area contributed by atoms with Gasteiger partial charge in [0.25, 0.3) is 0 Å². The SMILES string of the molecule is O=C(O)c1ccnc(N2CCC(O)C2)c1. The number of aromatic carboxylic acids is 1. The molecule has 0 aliphatic carbocycles. The molecule has 80 valence electrons. The Morgan fingerprint density at radius 1 is 1.60 bits per heavy atom. The van der Waals surface area contributed by atoms with E-state index in [0.29, 0.717) is 18.8 Å². The molecule has 1 unspecified atom stereocenters. The Hall–Kier alpha value is -1.62. The first kappa shape index (κ1) is 9.92. The summed E-state index contributed by atoms with van der Waals surface area (Å²) in [6.07, 6.45) is 1.85. The lowest BCUT2D eigenvalue weighted by atomic mass is 10.2. The van der Waals surface area contributed by atoms with Crippen LogP contribution in [-0.2, 0) is 0 Å². The zero-order valence-corrected chi connectivity index (χ0v) is 8.13. The van der Waals surface area contributed by atoms with Crippen molar-refractivity contribution in [1.29, 1.82) is 0 Å². The molecule has 0 bridgehead atoms. The molecule has 1 aliphatic rings. The second-order valence-corrected chi connectivity index (χ2v) is 3.60. The zero-order chi connectivity index (χ0) is 10.8. The van der Waals surface area contributed by atoms with Gasteiger partial charge in [0.05, 0.1) is 11.7 Å². The monoisotopic (exact) mass is 208 g/mol. The van der Waals surface area contributed by atoms with Crippen molar-refractivity contribution in [3.63, 3.8) is 0 Å². The van der Waals surface area contributed by atoms with Crippen molar-refractivity contribution in [2.45, 2.75) is 12.5 Å². The molecule has 1 aromatic rings. The quantitative estimate of drug-likeness (QED) is 0.733. The number of carboxylic acid groups (broad SMARTS) is 1. The molecule has 2 rings (SSSR count). The van der Waals surface area contributed by atoms with Crippen LogP contribution in [0.5, 0.6) is 0 Å². The van der Waals surface area contributed by atoms with Gasteiger partial charge in [0, 0.05) is 19.3 Å². The Morgan fingerprint density at radius 3 is 3.00 bits per heavy atom. The van der Waals surface area contributed by atoms with E-state index in [4.69, 9.17) is 5.11 Å². The van der Waals surface area contributed by atoms with Crippen molar-refractivity contribution in [3.05, 3.63) is 23.9 Å². The highest BCUT2D eigenvalue weighted by Gasteiger charge is 2.21. The fourth-order valence-electron chi connectivity index (χ4n) is 1.67. The third kappa shape index (κ3) is 2.07. The van der Waals surface area contributed by atoms with E-state index in [1.807, 2.05) is 4.90 Å². The van der Waals surface area contributed by atoms with Crippen molar-refractivity contribution >= 4 is 11.8 Å². The van der Waals surface area contributed by atoms with Crippen molar-refractivity contribution < 1.29 is 15.0 Å². The van der Waals surface area contributed by atoms with E-state index in [-0.39, 0.29) is 11.7 Å². The zero-order valence-electron chi connectivity index (χ0n) is 8.13. The minimum absolute atomic E-state index is 0.224. The van der Waals surface area contributed by atoms with E-state index in [2.05, 4.69) is 4.98 Å². The molecule has 0 radical (unpaired) electrons. The number of aliphatic hydroxyl groups is 1. The third-order valence-corrected chi connectivity index (χ3v) is 2.48. The average molecular weight is 208 g/mol. The van der Waals surface area contributed by atoms with Crippen LogP contribution in [0.2, 0.25) is 0 Å². The average Bonchev–Trinajstić information content (AvgIpc) is 2.65. The molecule has 1 atom stereocenters. The number of hydrogen-bond acceptors (Lipinski definition) is 4. The van der Waals surface area contributed by atoms with Crippen molar-refractivity contribution in [2.75, 3.05) is 18.0 Å². The van der Waals surface area contributed by atoms with Gasteiger partial charge in [0.1, 0.15) is 5.82 Å². The molecule has 0 spiro atoms. The smallest absolute Gasteiger partial charge is 0.335 e. The minimum atomic E-state index is -0.960. The number of nitrogens with zero attached hydrogens (tertiary/aromatic N) is 2. The van der Waals surface area contributed by atoms with E-state index in [1.165, 1.54) is 18.3 Å². The Kier molecular flexibility index (Phi) is 2.55. The van der Waals surface area contributed by atoms with Gasteiger partial charge in [-0.2, -0.15) is 0 Å². The minimum Gasteiger partial charge on any atom is -0.478 e. The molecule has 5 heteroatoms. The first-order chi connectivity index (χ1) is 7.16. The Bertz CT molecular complexity index is 381. The normalized spacial score (nSPS) is 20.6. The fraction of sp³-hybridized carbons (Fsp3) is 0.400. The molecule has 2 N–H and O–H groups in total. The number of aliphatic hydroxyl groups excluding tert-OH is 1. The standard InChI is InChI=1S/C10H12N2O3/c13-8-2-4-12(6-8)9-5-7(10(14)15)1-3-11-9/h1,3,5,8,13H,2,4,6H2,(H,14,15). The Balaban J connectivity index is 2.21. The van der Waals surface area contributed by atoms with Gasteiger partial charge in [-0.3, -0.25) is 0 Å². The Morgan fingerprint density at radius 2 is 2.40 bits per heavy atom. The summed E-state index contributed by atoms with van der Waals surface area (Å²) in [6.45, 7) is 1.24. The maximum atomic E-state index is 10.7. The van der Waals surface area contributed by atoms with Gasteiger partial charge in [0.15, 0.2) is 0 Å². The molecular weight excluding hydrogens is 196 g/mol. The number of hydrogen-bond donors (Lipinski definition) is 2. The molecular formula is C10H12N2O3. The largest absolute Gasteiger partial charge is 0.478 e. The number of carbonyl (C=O) groups is 1. The summed E-state index contributed by atoms with van der Waals surface area (Å²) < 4.78 is 0. The Labute approximate surface area is 87.0 Å². The number of carboxylic acids is 1. The van der Waals surface area contributed by atoms with Gasteiger partial charge in [-0.15, -0.1) is 0 Å². The number of β-amino-alcohol motifs (C(OH)–C–C–N with tert-alkyl or cyclic N) is 1. The number of aromatic nitrogens is 1. The molecule has 1 aliphatic heterocycles. The molecule has 0 saturated carbocycles. The van der Waals surface area contributed by atoms with Crippen LogP contribution in [0.4, 0.5) is 5.82 Å². The van der Waals surface area contributed by atoms with Crippen molar-refractivity contribution in [1.82, 2.24) is 4.98 Å². The number of rotatable bonds is 2. The molecule has 15 heavy (non-hydrogen) atoms. The summed E-state index contributed by atoms with van der Waals surface area (Å²) in [7, 11) is 0. The summed E-state index contributed by atoms with van der Waals surface area (Å²) >= 11 is 0. The molecule has 5 nitrogen and oxygen atoms in total. The first-order valence-electron chi connectivity index (χ1n) is 4.79. The lowest BCUT2D eigenvalue weighted by Gasteiger charge is -2.16. The van der Waals surface area contributed by atoms with Crippen molar-refractivity contribution in [2.24, 2.45) is 0 Å². The summed E-state index contributed by atoms with van der Waals surface area (Å²) in [6, 6.07) is 2.98. The predicted octanol–water partition coefficient (Wildman–Crippen LogP) is 0.351. The van der Waals surface area contributed by atoms with E-state index >= 15 is 0 Å². The van der Waals surface area contributed by atoms with Gasteiger partial charge in [-0.05, 0) is 18.6 Å². The summed E-state index contributed by atoms with van der Waals surface area (Å²) in [5, 5.41) is 18.2. The maximum absolute atomic E-state index is 10.7. The van der Waals surface area contributed by atoms with Gasteiger partial charge >= 0.3 is 5.97 Å². The van der Waals surface area contributed by atoms with Crippen LogP contribution in [0.25, 0.3) is 0 Å². The van der Waals surface area contributed by atoms with Crippen molar-refractivity contribution in [3.8, 4) is 0 Å². The van der Waals surface area contributed by atoms with Crippen LogP contribution in [0.3, 0.4) is 0 Å². The summed E-state index contributed by atoms with van der Waals surface area (Å²) in [4.78, 5) is 16.7. The molecule has 0 amide bonds. The van der Waals surface area contributed by atoms with Gasteiger partial charge in [-0.1, -0.05) is 0 Å². The molecule has 1 saturated heterocycles. The summed E-state index contributed by atoms with van der Waals surface area (Å²) in [5.41, 5.74) is 0.224. The highest BCUT2D eigenvalue weighted by Crippen LogP contribution is 2.18. The number of pyridine rings is 1. The molecule has 2 heterocycles. The second-order valence-electron chi connectivity index (χ2n) is 3.60. The molecule has 0 aromatic carbocycles. The summed E-state index contributed by atoms with van der Waals surface area (Å²) in [5.74, 6) is -0.343. The van der Waals surface area contributed by atoms with Crippen LogP contribution in [0.15, 0.2) is 18.3 Å². The predicted molar refractivity (Wildman–Crippen MR) is 54.0 cm³/mol. The lowest BCUT2D eigenvalue weighted by molar-refractivity contribution is 0.0697. The van der Waals surface area contributed by atoms with E-state index in [0.717, 1.165) is 6.54 Å². The van der Waals surface area contributed by atoms with Crippen LogP contribution in [-0.4, -0.2) is 40.4 Å². The van der Waals surface area contributed by atoms with E-state index in [1.54, 1.807) is 0 Å². The van der Waals surface area contributed by atoms with Gasteiger partial charge in [0.2, 0.25) is 0 Å². The fourth-order valence-corrected chi connectivity index (χ4v) is 1.67. The van der Waals surface area contributed by atoms with Crippen LogP contribution >= 0.6 is 0 Å². The third-order valence-electron chi connectivity index (χ3n) is 2.48. The van der Waals surface area contributed by atoms with Crippen LogP contribution in [0, 0.1) is 0 Å². The lowest BCUT2D eigenvalue weighted by Crippen LogP contribution is -2.22. The highest BCUT2D eigenvalue weighted by molar-refractivity contribution is 5.88. The number of anilines is 1. The second kappa shape index (κ2) is 3.86. The van der Waals surface area contributed by atoms with Crippen LogP contribution in [0.1, 0.15) is 16.8 Å². The molecule has 1 aromatic heterocycles. The van der Waals surface area contributed by atoms with Crippen LogP contribution < -0.4 is 4.90 Å². The van der Waals surface area contributed by atoms with E-state index < -0.39 is 5.97 Å². The highest BCUT2D eigenvalue weighted by atomic mass is 16.4. The topological polar surface area (TPSA) is 73.7 Å². The van der Waals surface area contributed by atoms with E-state index in [9.17, 15) is 9.90 Å². The molecule has 1 fully saturated rings. The first-order valence-corrected chi connectivity index (χ1v) is 4.79. The van der Waals surface area contributed by atoms with Gasteiger partial charge in [-0.25, -0.2) is 9.78 Å². The maximum Gasteiger partial charge on any atom is 0.335 e. The van der Waals surface area contributed by atoms with Gasteiger partial charge < -0.3 is 15.1 Å².